The van der Waals surface area contributed by atoms with Crippen LogP contribution in [0.25, 0.3) is 0 Å². The molecule has 2 aromatic carbocycles. The summed E-state index contributed by atoms with van der Waals surface area (Å²) in [5.41, 5.74) is 3.23. The van der Waals surface area contributed by atoms with Crippen LogP contribution in [-0.4, -0.2) is 29.5 Å². The van der Waals surface area contributed by atoms with E-state index in [0.717, 1.165) is 55.2 Å². The van der Waals surface area contributed by atoms with Gasteiger partial charge in [0.25, 0.3) is 0 Å². The number of hydrogen-bond acceptors (Lipinski definition) is 3. The fraction of sp³-hybridized carbons (Fsp3) is 0.480. The van der Waals surface area contributed by atoms with Crippen molar-refractivity contribution in [3.63, 3.8) is 0 Å². The van der Waals surface area contributed by atoms with Gasteiger partial charge < -0.3 is 10.1 Å². The van der Waals surface area contributed by atoms with Gasteiger partial charge in [-0.3, -0.25) is 9.69 Å². The first-order valence-corrected chi connectivity index (χ1v) is 11.2. The third-order valence-electron chi connectivity index (χ3n) is 6.22. The maximum absolute atomic E-state index is 13.1. The summed E-state index contributed by atoms with van der Waals surface area (Å²) in [6.45, 7) is 9.04. The third kappa shape index (κ3) is 4.98. The lowest BCUT2D eigenvalue weighted by Gasteiger charge is -2.39. The van der Waals surface area contributed by atoms with Gasteiger partial charge in [-0.15, -0.1) is 0 Å². The molecule has 0 aliphatic carbocycles. The fourth-order valence-corrected chi connectivity index (χ4v) is 4.70. The summed E-state index contributed by atoms with van der Waals surface area (Å²) in [5.74, 6) is 1.15. The summed E-state index contributed by atoms with van der Waals surface area (Å²) >= 11 is 5.98. The Labute approximate surface area is 184 Å². The van der Waals surface area contributed by atoms with Crippen molar-refractivity contribution >= 4 is 17.5 Å². The predicted octanol–water partition coefficient (Wildman–Crippen LogP) is 5.28. The molecule has 5 heteroatoms. The van der Waals surface area contributed by atoms with Crippen LogP contribution in [0.2, 0.25) is 5.02 Å². The molecule has 2 aliphatic rings. The highest BCUT2D eigenvalue weighted by Gasteiger charge is 2.36. The minimum absolute atomic E-state index is 0.00365. The summed E-state index contributed by atoms with van der Waals surface area (Å²) in [4.78, 5) is 15.5. The van der Waals surface area contributed by atoms with Gasteiger partial charge in [0, 0.05) is 29.5 Å². The Balaban J connectivity index is 1.35. The number of carbonyl (C=O) groups excluding carboxylic acids is 1. The van der Waals surface area contributed by atoms with Gasteiger partial charge in [-0.25, -0.2) is 0 Å². The molecule has 1 saturated heterocycles. The lowest BCUT2D eigenvalue weighted by atomic mass is 9.88. The highest BCUT2D eigenvalue weighted by atomic mass is 35.5. The SMILES string of the molecule is Cc1ccc2c(c1)OC(C)(C)CC2NC(=O)C1CCN(Cc2ccc(Cl)cc2)CC1. The maximum atomic E-state index is 13.1. The van der Waals surface area contributed by atoms with Crippen molar-refractivity contribution in [2.24, 2.45) is 5.92 Å². The van der Waals surface area contributed by atoms with E-state index in [2.05, 4.69) is 61.3 Å². The van der Waals surface area contributed by atoms with Gasteiger partial charge in [-0.2, -0.15) is 0 Å². The molecule has 30 heavy (non-hydrogen) atoms. The molecule has 1 amide bonds. The summed E-state index contributed by atoms with van der Waals surface area (Å²) < 4.78 is 6.17. The van der Waals surface area contributed by atoms with E-state index in [0.29, 0.717) is 0 Å². The van der Waals surface area contributed by atoms with Crippen LogP contribution in [0, 0.1) is 12.8 Å². The molecule has 0 bridgehead atoms. The van der Waals surface area contributed by atoms with Gasteiger partial charge >= 0.3 is 0 Å². The van der Waals surface area contributed by atoms with E-state index in [-0.39, 0.29) is 23.5 Å². The van der Waals surface area contributed by atoms with Crippen LogP contribution in [0.4, 0.5) is 0 Å². The first kappa shape index (κ1) is 21.2. The lowest BCUT2D eigenvalue weighted by molar-refractivity contribution is -0.127. The summed E-state index contributed by atoms with van der Waals surface area (Å²) in [7, 11) is 0. The minimum Gasteiger partial charge on any atom is -0.487 e. The molecule has 0 spiro atoms. The van der Waals surface area contributed by atoms with Crippen LogP contribution >= 0.6 is 11.6 Å². The Hall–Kier alpha value is -2.04. The number of benzene rings is 2. The smallest absolute Gasteiger partial charge is 0.223 e. The van der Waals surface area contributed by atoms with Crippen molar-refractivity contribution in [3.05, 3.63) is 64.2 Å². The van der Waals surface area contributed by atoms with E-state index < -0.39 is 0 Å². The molecular weight excluding hydrogens is 396 g/mol. The molecule has 0 radical (unpaired) electrons. The lowest BCUT2D eigenvalue weighted by Crippen LogP contribution is -2.45. The van der Waals surface area contributed by atoms with Gasteiger partial charge in [-0.05, 0) is 76.0 Å². The number of fused-ring (bicyclic) bond motifs is 1. The van der Waals surface area contributed by atoms with Crippen molar-refractivity contribution in [1.82, 2.24) is 10.2 Å². The molecule has 0 saturated carbocycles. The third-order valence-corrected chi connectivity index (χ3v) is 6.47. The molecule has 2 aromatic rings. The Morgan fingerprint density at radius 3 is 2.57 bits per heavy atom. The molecule has 1 atom stereocenters. The highest BCUT2D eigenvalue weighted by Crippen LogP contribution is 2.40. The Bertz CT molecular complexity index is 902. The second kappa shape index (κ2) is 8.60. The van der Waals surface area contributed by atoms with Gasteiger partial charge in [0.1, 0.15) is 11.4 Å². The number of amides is 1. The zero-order valence-corrected chi connectivity index (χ0v) is 18.8. The second-order valence-electron chi connectivity index (χ2n) is 9.35. The van der Waals surface area contributed by atoms with E-state index in [1.807, 2.05) is 12.1 Å². The van der Waals surface area contributed by atoms with Gasteiger partial charge in [0.05, 0.1) is 6.04 Å². The van der Waals surface area contributed by atoms with Gasteiger partial charge in [0.2, 0.25) is 5.91 Å². The number of aryl methyl sites for hydroxylation is 1. The number of hydrogen-bond donors (Lipinski definition) is 1. The van der Waals surface area contributed by atoms with Gasteiger partial charge in [-0.1, -0.05) is 35.9 Å². The fourth-order valence-electron chi connectivity index (χ4n) is 4.58. The van der Waals surface area contributed by atoms with E-state index in [4.69, 9.17) is 16.3 Å². The number of ether oxygens (including phenoxy) is 1. The molecule has 160 valence electrons. The van der Waals surface area contributed by atoms with Crippen LogP contribution in [0.3, 0.4) is 0 Å². The molecule has 1 N–H and O–H groups in total. The predicted molar refractivity (Wildman–Crippen MR) is 121 cm³/mol. The van der Waals surface area contributed by atoms with Crippen LogP contribution in [0.15, 0.2) is 42.5 Å². The van der Waals surface area contributed by atoms with E-state index >= 15 is 0 Å². The number of halogens is 1. The number of likely N-dealkylation sites (tertiary alicyclic amines) is 1. The summed E-state index contributed by atoms with van der Waals surface area (Å²) in [5, 5.41) is 4.10. The van der Waals surface area contributed by atoms with Crippen LogP contribution in [0.5, 0.6) is 5.75 Å². The monoisotopic (exact) mass is 426 g/mol. The van der Waals surface area contributed by atoms with Crippen LogP contribution < -0.4 is 10.1 Å². The van der Waals surface area contributed by atoms with Gasteiger partial charge in [0.15, 0.2) is 0 Å². The average molecular weight is 427 g/mol. The standard InChI is InChI=1S/C25H31ClN2O2/c1-17-4-9-21-22(15-25(2,3)30-23(21)14-17)27-24(29)19-10-12-28(13-11-19)16-18-5-7-20(26)8-6-18/h4-9,14,19,22H,10-13,15-16H2,1-3H3,(H,27,29). The molecular formula is C25H31ClN2O2. The van der Waals surface area contributed by atoms with E-state index in [9.17, 15) is 4.79 Å². The summed E-state index contributed by atoms with van der Waals surface area (Å²) in [6.07, 6.45) is 2.57. The van der Waals surface area contributed by atoms with Crippen LogP contribution in [-0.2, 0) is 11.3 Å². The van der Waals surface area contributed by atoms with Crippen molar-refractivity contribution < 1.29 is 9.53 Å². The Morgan fingerprint density at radius 1 is 1.17 bits per heavy atom. The zero-order chi connectivity index (χ0) is 21.3. The van der Waals surface area contributed by atoms with E-state index in [1.54, 1.807) is 0 Å². The normalized spacial score (nSPS) is 21.5. The van der Waals surface area contributed by atoms with E-state index in [1.165, 1.54) is 11.1 Å². The molecule has 2 aliphatic heterocycles. The Morgan fingerprint density at radius 2 is 1.87 bits per heavy atom. The van der Waals surface area contributed by atoms with Crippen molar-refractivity contribution in [2.75, 3.05) is 13.1 Å². The second-order valence-corrected chi connectivity index (χ2v) is 9.78. The zero-order valence-electron chi connectivity index (χ0n) is 18.1. The number of carbonyl (C=O) groups is 1. The Kier molecular flexibility index (Phi) is 6.08. The first-order chi connectivity index (χ1) is 14.3. The first-order valence-electron chi connectivity index (χ1n) is 10.9. The number of nitrogens with one attached hydrogen (secondary N) is 1. The largest absolute Gasteiger partial charge is 0.487 e. The average Bonchev–Trinajstić information content (AvgIpc) is 2.69. The molecule has 4 nitrogen and oxygen atoms in total. The molecule has 0 aromatic heterocycles. The number of nitrogens with zero attached hydrogens (tertiary/aromatic N) is 1. The quantitative estimate of drug-likeness (QED) is 0.723. The molecule has 2 heterocycles. The molecule has 1 unspecified atom stereocenters. The molecule has 4 rings (SSSR count). The van der Waals surface area contributed by atoms with Crippen molar-refractivity contribution in [3.8, 4) is 5.75 Å². The van der Waals surface area contributed by atoms with Crippen molar-refractivity contribution in [1.29, 1.82) is 0 Å². The topological polar surface area (TPSA) is 41.6 Å². The maximum Gasteiger partial charge on any atom is 0.223 e. The number of rotatable bonds is 4. The van der Waals surface area contributed by atoms with Crippen LogP contribution in [0.1, 0.15) is 55.8 Å². The van der Waals surface area contributed by atoms with Crippen molar-refractivity contribution in [2.45, 2.75) is 58.2 Å². The number of piperidine rings is 1. The highest BCUT2D eigenvalue weighted by molar-refractivity contribution is 6.30. The minimum atomic E-state index is -0.291. The molecule has 1 fully saturated rings. The summed E-state index contributed by atoms with van der Waals surface area (Å²) in [6, 6.07) is 14.3.